The van der Waals surface area contributed by atoms with Crippen LogP contribution >= 0.6 is 0 Å². The Bertz CT molecular complexity index is 440. The second-order valence-corrected chi connectivity index (χ2v) is 8.31. The minimum Gasteiger partial charge on any atom is -0.481 e. The third kappa shape index (κ3) is 4.06. The smallest absolute Gasteiger partial charge is 0.311 e. The van der Waals surface area contributed by atoms with Crippen LogP contribution < -0.4 is 0 Å². The summed E-state index contributed by atoms with van der Waals surface area (Å²) >= 11 is 0. The molecule has 1 aliphatic carbocycles. The lowest BCUT2D eigenvalue weighted by molar-refractivity contribution is -0.149. The maximum absolute atomic E-state index is 12.7. The Morgan fingerprint density at radius 1 is 1.22 bits per heavy atom. The van der Waals surface area contributed by atoms with Gasteiger partial charge in [-0.15, -0.1) is 0 Å². The zero-order valence-electron chi connectivity index (χ0n) is 15.0. The predicted octanol–water partition coefficient (Wildman–Crippen LogP) is 2.31. The summed E-state index contributed by atoms with van der Waals surface area (Å²) in [4.78, 5) is 28.5. The molecule has 2 aliphatic rings. The first-order chi connectivity index (χ1) is 10.7. The highest BCUT2D eigenvalue weighted by Gasteiger charge is 2.54. The van der Waals surface area contributed by atoms with Crippen LogP contribution in [-0.2, 0) is 9.59 Å². The number of hydrogen-bond donors (Lipinski definition) is 1. The van der Waals surface area contributed by atoms with Gasteiger partial charge in [-0.25, -0.2) is 0 Å². The fourth-order valence-electron chi connectivity index (χ4n) is 4.31. The van der Waals surface area contributed by atoms with Crippen LogP contribution in [0.5, 0.6) is 0 Å². The van der Waals surface area contributed by atoms with Gasteiger partial charge < -0.3 is 10.0 Å². The number of nitrogens with zero attached hydrogens (tertiary/aromatic N) is 2. The molecule has 0 aromatic heterocycles. The molecule has 5 heteroatoms. The Labute approximate surface area is 140 Å². The van der Waals surface area contributed by atoms with Gasteiger partial charge in [0.15, 0.2) is 0 Å². The van der Waals surface area contributed by atoms with E-state index in [0.29, 0.717) is 24.9 Å². The SMILES string of the molecule is CC(C)CN(CC(C)C)C(=O)CN1C[C@@H]2CCC[C@@]2(C(=O)O)C1. The largest absolute Gasteiger partial charge is 0.481 e. The van der Waals surface area contributed by atoms with Crippen LogP contribution in [0.25, 0.3) is 0 Å². The van der Waals surface area contributed by atoms with Gasteiger partial charge in [-0.1, -0.05) is 34.1 Å². The highest BCUT2D eigenvalue weighted by molar-refractivity contribution is 5.79. The summed E-state index contributed by atoms with van der Waals surface area (Å²) < 4.78 is 0. The Hall–Kier alpha value is -1.10. The summed E-state index contributed by atoms with van der Waals surface area (Å²) in [5.41, 5.74) is -0.596. The molecule has 1 saturated carbocycles. The molecule has 0 unspecified atom stereocenters. The Balaban J connectivity index is 1.98. The van der Waals surface area contributed by atoms with Gasteiger partial charge in [0, 0.05) is 26.2 Å². The lowest BCUT2D eigenvalue weighted by atomic mass is 9.81. The van der Waals surface area contributed by atoms with Gasteiger partial charge in [-0.2, -0.15) is 0 Å². The predicted molar refractivity (Wildman–Crippen MR) is 90.1 cm³/mol. The monoisotopic (exact) mass is 324 g/mol. The number of likely N-dealkylation sites (tertiary alicyclic amines) is 1. The van der Waals surface area contributed by atoms with Crippen LogP contribution in [0.1, 0.15) is 47.0 Å². The molecule has 5 nitrogen and oxygen atoms in total. The Morgan fingerprint density at radius 2 is 1.83 bits per heavy atom. The Morgan fingerprint density at radius 3 is 2.30 bits per heavy atom. The lowest BCUT2D eigenvalue weighted by Crippen LogP contribution is -2.44. The van der Waals surface area contributed by atoms with Crippen molar-refractivity contribution in [3.05, 3.63) is 0 Å². The molecule has 1 saturated heterocycles. The number of carboxylic acid groups (broad SMARTS) is 1. The van der Waals surface area contributed by atoms with Crippen LogP contribution in [0.4, 0.5) is 0 Å². The van der Waals surface area contributed by atoms with Crippen molar-refractivity contribution in [3.63, 3.8) is 0 Å². The van der Waals surface area contributed by atoms with Gasteiger partial charge in [-0.3, -0.25) is 14.5 Å². The van der Waals surface area contributed by atoms with E-state index in [1.165, 1.54) is 0 Å². The Kier molecular flexibility index (Phi) is 5.71. The third-order valence-electron chi connectivity index (χ3n) is 5.25. The third-order valence-corrected chi connectivity index (χ3v) is 5.25. The minimum absolute atomic E-state index is 0.146. The molecule has 2 rings (SSSR count). The van der Waals surface area contributed by atoms with Crippen LogP contribution in [-0.4, -0.2) is 59.5 Å². The van der Waals surface area contributed by atoms with Gasteiger partial charge >= 0.3 is 5.97 Å². The first-order valence-electron chi connectivity index (χ1n) is 8.98. The molecular weight excluding hydrogens is 292 g/mol. The molecule has 0 radical (unpaired) electrons. The first kappa shape index (κ1) is 18.2. The second kappa shape index (κ2) is 7.20. The highest BCUT2D eigenvalue weighted by atomic mass is 16.4. The number of fused-ring (bicyclic) bond motifs is 1. The summed E-state index contributed by atoms with van der Waals surface area (Å²) in [5.74, 6) is 0.586. The fourth-order valence-corrected chi connectivity index (χ4v) is 4.31. The number of rotatable bonds is 7. The molecule has 1 N–H and O–H groups in total. The maximum Gasteiger partial charge on any atom is 0.311 e. The molecule has 1 amide bonds. The van der Waals surface area contributed by atoms with Gasteiger partial charge in [0.25, 0.3) is 0 Å². The number of carbonyl (C=O) groups is 2. The first-order valence-corrected chi connectivity index (χ1v) is 8.98. The molecule has 0 spiro atoms. The van der Waals surface area contributed by atoms with Crippen LogP contribution in [0.15, 0.2) is 0 Å². The molecule has 132 valence electrons. The topological polar surface area (TPSA) is 60.9 Å². The highest BCUT2D eigenvalue weighted by Crippen LogP contribution is 2.48. The van der Waals surface area contributed by atoms with E-state index >= 15 is 0 Å². The van der Waals surface area contributed by atoms with Gasteiger partial charge in [0.2, 0.25) is 5.91 Å². The number of amides is 1. The van der Waals surface area contributed by atoms with Gasteiger partial charge in [0.1, 0.15) is 0 Å². The average Bonchev–Trinajstić information content (AvgIpc) is 2.94. The second-order valence-electron chi connectivity index (χ2n) is 8.31. The zero-order valence-corrected chi connectivity index (χ0v) is 15.0. The number of carboxylic acids is 1. The summed E-state index contributed by atoms with van der Waals surface area (Å²) in [6.45, 7) is 11.7. The molecule has 1 aliphatic heterocycles. The number of hydrogen-bond acceptors (Lipinski definition) is 3. The van der Waals surface area contributed by atoms with Crippen molar-refractivity contribution in [3.8, 4) is 0 Å². The van der Waals surface area contributed by atoms with Crippen molar-refractivity contribution in [2.75, 3.05) is 32.7 Å². The van der Waals surface area contributed by atoms with Crippen molar-refractivity contribution < 1.29 is 14.7 Å². The maximum atomic E-state index is 12.7. The zero-order chi connectivity index (χ0) is 17.2. The van der Waals surface area contributed by atoms with Crippen molar-refractivity contribution in [2.24, 2.45) is 23.2 Å². The summed E-state index contributed by atoms with van der Waals surface area (Å²) in [6, 6.07) is 0. The summed E-state index contributed by atoms with van der Waals surface area (Å²) in [5, 5.41) is 9.65. The summed E-state index contributed by atoms with van der Waals surface area (Å²) in [6.07, 6.45) is 2.75. The van der Waals surface area contributed by atoms with Crippen molar-refractivity contribution in [1.29, 1.82) is 0 Å². The van der Waals surface area contributed by atoms with Gasteiger partial charge in [-0.05, 0) is 30.6 Å². The van der Waals surface area contributed by atoms with E-state index in [9.17, 15) is 14.7 Å². The van der Waals surface area contributed by atoms with Crippen LogP contribution in [0.2, 0.25) is 0 Å². The van der Waals surface area contributed by atoms with Gasteiger partial charge in [0.05, 0.1) is 12.0 Å². The molecule has 0 aromatic rings. The number of aliphatic carboxylic acids is 1. The van der Waals surface area contributed by atoms with E-state index < -0.39 is 11.4 Å². The van der Waals surface area contributed by atoms with Crippen molar-refractivity contribution in [2.45, 2.75) is 47.0 Å². The van der Waals surface area contributed by atoms with Crippen LogP contribution in [0.3, 0.4) is 0 Å². The number of carbonyl (C=O) groups excluding carboxylic acids is 1. The average molecular weight is 324 g/mol. The molecule has 2 atom stereocenters. The quantitative estimate of drug-likeness (QED) is 0.781. The lowest BCUT2D eigenvalue weighted by Gasteiger charge is -2.29. The van der Waals surface area contributed by atoms with Crippen molar-refractivity contribution >= 4 is 11.9 Å². The molecule has 0 aromatic carbocycles. The fraction of sp³-hybridized carbons (Fsp3) is 0.889. The van der Waals surface area contributed by atoms with E-state index in [-0.39, 0.29) is 11.8 Å². The minimum atomic E-state index is -0.670. The van der Waals surface area contributed by atoms with E-state index in [1.54, 1.807) is 0 Å². The molecule has 0 bridgehead atoms. The molecule has 1 heterocycles. The van der Waals surface area contributed by atoms with E-state index in [0.717, 1.165) is 38.9 Å². The van der Waals surface area contributed by atoms with E-state index in [1.807, 2.05) is 4.90 Å². The molecule has 2 fully saturated rings. The van der Waals surface area contributed by atoms with E-state index in [4.69, 9.17) is 0 Å². The van der Waals surface area contributed by atoms with Crippen molar-refractivity contribution in [1.82, 2.24) is 9.80 Å². The summed E-state index contributed by atoms with van der Waals surface area (Å²) in [7, 11) is 0. The standard InChI is InChI=1S/C18H32N2O3/c1-13(2)8-20(9-14(3)4)16(21)11-19-10-15-6-5-7-18(15,12-19)17(22)23/h13-15H,5-12H2,1-4H3,(H,22,23)/t15-,18+/m0/s1. The molecule has 23 heavy (non-hydrogen) atoms. The van der Waals surface area contributed by atoms with E-state index in [2.05, 4.69) is 32.6 Å². The normalized spacial score (nSPS) is 27.7. The molecular formula is C18H32N2O3. The van der Waals surface area contributed by atoms with Crippen LogP contribution in [0, 0.1) is 23.2 Å².